The van der Waals surface area contributed by atoms with Crippen molar-refractivity contribution in [1.29, 1.82) is 0 Å². The van der Waals surface area contributed by atoms with E-state index in [-0.39, 0.29) is 5.91 Å². The topological polar surface area (TPSA) is 73.9 Å². The normalized spacial score (nSPS) is 14.9. The van der Waals surface area contributed by atoms with Gasteiger partial charge in [0.2, 0.25) is 5.91 Å². The second kappa shape index (κ2) is 11.2. The molecule has 1 heterocycles. The Morgan fingerprint density at radius 2 is 1.91 bits per heavy atom. The number of ether oxygens (including phenoxy) is 3. The third kappa shape index (κ3) is 5.92. The van der Waals surface area contributed by atoms with Gasteiger partial charge >= 0.3 is 5.97 Å². The molecule has 1 amide bonds. The third-order valence-electron chi connectivity index (χ3n) is 5.99. The summed E-state index contributed by atoms with van der Waals surface area (Å²) >= 11 is 1.47. The van der Waals surface area contributed by atoms with E-state index in [9.17, 15) is 9.59 Å². The van der Waals surface area contributed by atoms with Crippen LogP contribution in [0.2, 0.25) is 0 Å². The molecule has 0 bridgehead atoms. The number of methoxy groups -OCH3 is 2. The molecule has 1 aromatic heterocycles. The lowest BCUT2D eigenvalue weighted by atomic mass is 9.88. The van der Waals surface area contributed by atoms with Crippen LogP contribution in [0.4, 0.5) is 5.00 Å². The number of nitrogens with one attached hydrogen (secondary N) is 1. The van der Waals surface area contributed by atoms with E-state index in [1.807, 2.05) is 48.5 Å². The monoisotopic (exact) mass is 491 g/mol. The fourth-order valence-electron chi connectivity index (χ4n) is 4.12. The van der Waals surface area contributed by atoms with Gasteiger partial charge in [0.15, 0.2) is 11.5 Å². The van der Waals surface area contributed by atoms with Gasteiger partial charge in [0.25, 0.3) is 0 Å². The highest BCUT2D eigenvalue weighted by atomic mass is 32.1. The third-order valence-corrected chi connectivity index (χ3v) is 7.16. The Labute approximate surface area is 209 Å². The second-order valence-electron chi connectivity index (χ2n) is 8.55. The molecule has 35 heavy (non-hydrogen) atoms. The van der Waals surface area contributed by atoms with Crippen LogP contribution in [0.1, 0.15) is 45.3 Å². The number of carbonyl (C=O) groups excluding carboxylic acids is 2. The van der Waals surface area contributed by atoms with E-state index in [0.29, 0.717) is 34.6 Å². The van der Waals surface area contributed by atoms with Crippen molar-refractivity contribution < 1.29 is 23.8 Å². The number of anilines is 1. The minimum Gasteiger partial charge on any atom is -0.493 e. The van der Waals surface area contributed by atoms with Crippen molar-refractivity contribution in [3.63, 3.8) is 0 Å². The van der Waals surface area contributed by atoms with Crippen molar-refractivity contribution >= 4 is 34.3 Å². The SMILES string of the molecule is COC(=O)c1c(NC(=O)C=Cc2ccc(OCc3ccccc3)c(OC)c2)sc2c1CCC(C)C2. The van der Waals surface area contributed by atoms with Crippen LogP contribution in [0.5, 0.6) is 11.5 Å². The first-order valence-electron chi connectivity index (χ1n) is 11.5. The van der Waals surface area contributed by atoms with Crippen molar-refractivity contribution in [1.82, 2.24) is 0 Å². The van der Waals surface area contributed by atoms with Crippen LogP contribution in [0.3, 0.4) is 0 Å². The van der Waals surface area contributed by atoms with Crippen molar-refractivity contribution in [3.8, 4) is 11.5 Å². The number of fused-ring (bicyclic) bond motifs is 1. The molecule has 0 saturated heterocycles. The molecule has 1 atom stereocenters. The zero-order chi connectivity index (χ0) is 24.8. The van der Waals surface area contributed by atoms with E-state index in [0.717, 1.165) is 40.8 Å². The van der Waals surface area contributed by atoms with E-state index >= 15 is 0 Å². The zero-order valence-electron chi connectivity index (χ0n) is 20.1. The predicted octanol–water partition coefficient (Wildman–Crippen LogP) is 5.90. The molecule has 0 spiro atoms. The minimum absolute atomic E-state index is 0.315. The highest BCUT2D eigenvalue weighted by Gasteiger charge is 2.28. The summed E-state index contributed by atoms with van der Waals surface area (Å²) in [7, 11) is 2.95. The number of hydrogen-bond acceptors (Lipinski definition) is 6. The average molecular weight is 492 g/mol. The first kappa shape index (κ1) is 24.5. The average Bonchev–Trinajstić information content (AvgIpc) is 3.23. The van der Waals surface area contributed by atoms with Gasteiger partial charge in [0.05, 0.1) is 19.8 Å². The molecule has 6 nitrogen and oxygen atoms in total. The van der Waals surface area contributed by atoms with Gasteiger partial charge in [-0.3, -0.25) is 4.79 Å². The molecule has 1 aliphatic carbocycles. The van der Waals surface area contributed by atoms with Crippen LogP contribution in [-0.2, 0) is 29.0 Å². The molecule has 0 saturated carbocycles. The van der Waals surface area contributed by atoms with Gasteiger partial charge in [0, 0.05) is 11.0 Å². The fraction of sp³-hybridized carbons (Fsp3) is 0.286. The molecule has 4 rings (SSSR count). The van der Waals surface area contributed by atoms with E-state index in [1.165, 1.54) is 24.5 Å². The maximum Gasteiger partial charge on any atom is 0.341 e. The lowest BCUT2D eigenvalue weighted by molar-refractivity contribution is -0.111. The van der Waals surface area contributed by atoms with Gasteiger partial charge in [-0.05, 0) is 60.1 Å². The van der Waals surface area contributed by atoms with Gasteiger partial charge in [-0.2, -0.15) is 0 Å². The van der Waals surface area contributed by atoms with Crippen LogP contribution >= 0.6 is 11.3 Å². The molecular formula is C28H29NO5S. The highest BCUT2D eigenvalue weighted by Crippen LogP contribution is 2.40. The van der Waals surface area contributed by atoms with Gasteiger partial charge in [-0.1, -0.05) is 43.3 Å². The summed E-state index contributed by atoms with van der Waals surface area (Å²) in [6.45, 7) is 2.63. The molecule has 1 unspecified atom stereocenters. The number of amides is 1. The Morgan fingerprint density at radius 1 is 1.11 bits per heavy atom. The molecule has 0 fully saturated rings. The lowest BCUT2D eigenvalue weighted by Gasteiger charge is -2.18. The molecule has 182 valence electrons. The standard InChI is InChI=1S/C28H29NO5S/c1-18-9-12-21-24(15-18)35-27(26(21)28(31)33-3)29-25(30)14-11-19-10-13-22(23(16-19)32-2)34-17-20-7-5-4-6-8-20/h4-8,10-11,13-14,16,18H,9,12,15,17H2,1-3H3,(H,29,30). The highest BCUT2D eigenvalue weighted by molar-refractivity contribution is 7.17. The Bertz CT molecular complexity index is 1230. The predicted molar refractivity (Wildman–Crippen MR) is 138 cm³/mol. The minimum atomic E-state index is -0.410. The molecule has 1 aliphatic rings. The Balaban J connectivity index is 1.46. The second-order valence-corrected chi connectivity index (χ2v) is 9.66. The number of thiophene rings is 1. The van der Waals surface area contributed by atoms with E-state index in [2.05, 4.69) is 12.2 Å². The van der Waals surface area contributed by atoms with Crippen LogP contribution in [0.15, 0.2) is 54.6 Å². The number of benzene rings is 2. The van der Waals surface area contributed by atoms with Crippen molar-refractivity contribution in [2.45, 2.75) is 32.8 Å². The molecule has 7 heteroatoms. The van der Waals surface area contributed by atoms with E-state index in [1.54, 1.807) is 13.2 Å². The maximum absolute atomic E-state index is 12.7. The summed E-state index contributed by atoms with van der Waals surface area (Å²) in [5.74, 6) is 1.04. The quantitative estimate of drug-likeness (QED) is 0.314. The number of rotatable bonds is 8. The van der Waals surface area contributed by atoms with Gasteiger partial charge in [-0.15, -0.1) is 11.3 Å². The molecule has 1 N–H and O–H groups in total. The Hall–Kier alpha value is -3.58. The van der Waals surface area contributed by atoms with Crippen molar-refractivity contribution in [3.05, 3.63) is 81.7 Å². The van der Waals surface area contributed by atoms with Gasteiger partial charge < -0.3 is 19.5 Å². The van der Waals surface area contributed by atoms with Crippen LogP contribution < -0.4 is 14.8 Å². The van der Waals surface area contributed by atoms with E-state index in [4.69, 9.17) is 14.2 Å². The summed E-state index contributed by atoms with van der Waals surface area (Å²) in [6, 6.07) is 15.4. The first-order chi connectivity index (χ1) is 17.0. The summed E-state index contributed by atoms with van der Waals surface area (Å²) in [5.41, 5.74) is 3.35. The molecular weight excluding hydrogens is 462 g/mol. The maximum atomic E-state index is 12.7. The van der Waals surface area contributed by atoms with Gasteiger partial charge in [-0.25, -0.2) is 4.79 Å². The largest absolute Gasteiger partial charge is 0.493 e. The molecule has 3 aromatic rings. The Morgan fingerprint density at radius 3 is 2.66 bits per heavy atom. The summed E-state index contributed by atoms with van der Waals surface area (Å²) in [5, 5.41) is 3.43. The van der Waals surface area contributed by atoms with Gasteiger partial charge in [0.1, 0.15) is 11.6 Å². The van der Waals surface area contributed by atoms with Crippen LogP contribution in [-0.4, -0.2) is 26.1 Å². The van der Waals surface area contributed by atoms with Crippen molar-refractivity contribution in [2.24, 2.45) is 5.92 Å². The summed E-state index contributed by atoms with van der Waals surface area (Å²) in [4.78, 5) is 26.3. The molecule has 2 aromatic carbocycles. The fourth-order valence-corrected chi connectivity index (χ4v) is 5.53. The number of carbonyl (C=O) groups is 2. The van der Waals surface area contributed by atoms with Crippen molar-refractivity contribution in [2.75, 3.05) is 19.5 Å². The van der Waals surface area contributed by atoms with E-state index < -0.39 is 5.97 Å². The smallest absolute Gasteiger partial charge is 0.341 e. The lowest BCUT2D eigenvalue weighted by Crippen LogP contribution is -2.14. The van der Waals surface area contributed by atoms with Crippen LogP contribution in [0, 0.1) is 5.92 Å². The molecule has 0 aliphatic heterocycles. The zero-order valence-corrected chi connectivity index (χ0v) is 20.9. The molecule has 0 radical (unpaired) electrons. The first-order valence-corrected chi connectivity index (χ1v) is 12.4. The number of esters is 1. The number of hydrogen-bond donors (Lipinski definition) is 1. The van der Waals surface area contributed by atoms with Crippen LogP contribution in [0.25, 0.3) is 6.08 Å². The summed E-state index contributed by atoms with van der Waals surface area (Å²) in [6.07, 6.45) is 5.90. The Kier molecular flexibility index (Phi) is 7.87. The summed E-state index contributed by atoms with van der Waals surface area (Å²) < 4.78 is 16.4.